The van der Waals surface area contributed by atoms with Crippen LogP contribution >= 0.6 is 11.6 Å². The number of nitrogens with one attached hydrogen (secondary N) is 1. The fourth-order valence-corrected chi connectivity index (χ4v) is 5.20. The maximum absolute atomic E-state index is 14.3. The molecular weight excluding hydrogens is 415 g/mol. The number of anilines is 1. The Labute approximate surface area is 175 Å². The van der Waals surface area contributed by atoms with Gasteiger partial charge in [-0.2, -0.15) is 4.31 Å². The lowest BCUT2D eigenvalue weighted by atomic mass is 10.0. The van der Waals surface area contributed by atoms with E-state index in [0.29, 0.717) is 10.7 Å². The lowest BCUT2D eigenvalue weighted by Crippen LogP contribution is -2.39. The number of benzene rings is 2. The average molecular weight is 437 g/mol. The number of likely N-dealkylation sites (N-methyl/N-ethyl adjacent to an activating group) is 1. The first-order valence-corrected chi connectivity index (χ1v) is 11.2. The normalized spacial score (nSPS) is 16.8. The van der Waals surface area contributed by atoms with E-state index < -0.39 is 21.7 Å². The number of rotatable bonds is 6. The van der Waals surface area contributed by atoms with Crippen molar-refractivity contribution >= 4 is 33.2 Å². The molecular formula is C21H22ClFN2O3S. The van der Waals surface area contributed by atoms with E-state index in [1.165, 1.54) is 16.4 Å². The Bertz CT molecular complexity index is 1040. The summed E-state index contributed by atoms with van der Waals surface area (Å²) in [4.78, 5) is 12.4. The molecule has 1 amide bonds. The van der Waals surface area contributed by atoms with Gasteiger partial charge in [0, 0.05) is 23.3 Å². The Balaban J connectivity index is 1.91. The molecule has 0 radical (unpaired) electrons. The summed E-state index contributed by atoms with van der Waals surface area (Å²) in [5.41, 5.74) is 0.0407. The van der Waals surface area contributed by atoms with E-state index in [1.54, 1.807) is 25.1 Å². The number of nitrogens with zero attached hydrogens (tertiary/aromatic N) is 1. The summed E-state index contributed by atoms with van der Waals surface area (Å²) >= 11 is 5.90. The zero-order chi connectivity index (χ0) is 21.0. The molecule has 0 heterocycles. The highest BCUT2D eigenvalue weighted by Gasteiger charge is 2.30. The molecule has 0 saturated heterocycles. The molecule has 3 rings (SSSR count). The van der Waals surface area contributed by atoms with Crippen molar-refractivity contribution in [2.45, 2.75) is 37.1 Å². The summed E-state index contributed by atoms with van der Waals surface area (Å²) in [7, 11) is -3.89. The fraction of sp³-hybridized carbons (Fsp3) is 0.286. The molecule has 0 spiro atoms. The highest BCUT2D eigenvalue weighted by atomic mass is 35.5. The van der Waals surface area contributed by atoms with Gasteiger partial charge in [0.1, 0.15) is 5.82 Å². The molecule has 1 atom stereocenters. The number of carbonyl (C=O) groups excluding carboxylic acids is 1. The van der Waals surface area contributed by atoms with Crippen molar-refractivity contribution in [3.8, 4) is 0 Å². The van der Waals surface area contributed by atoms with E-state index in [4.69, 9.17) is 11.6 Å². The van der Waals surface area contributed by atoms with Gasteiger partial charge >= 0.3 is 0 Å². The summed E-state index contributed by atoms with van der Waals surface area (Å²) in [6.07, 6.45) is 6.43. The Morgan fingerprint density at radius 3 is 2.72 bits per heavy atom. The van der Waals surface area contributed by atoms with Gasteiger partial charge in [-0.25, -0.2) is 12.8 Å². The van der Waals surface area contributed by atoms with E-state index in [9.17, 15) is 17.6 Å². The first-order valence-electron chi connectivity index (χ1n) is 9.38. The van der Waals surface area contributed by atoms with Crippen molar-refractivity contribution in [1.82, 2.24) is 4.31 Å². The molecule has 8 heteroatoms. The topological polar surface area (TPSA) is 66.5 Å². The van der Waals surface area contributed by atoms with E-state index in [1.807, 2.05) is 12.2 Å². The van der Waals surface area contributed by atoms with Crippen molar-refractivity contribution in [3.05, 3.63) is 71.0 Å². The number of hydrogen-bond donors (Lipinski definition) is 1. The van der Waals surface area contributed by atoms with Crippen LogP contribution in [-0.4, -0.2) is 31.2 Å². The van der Waals surface area contributed by atoms with Gasteiger partial charge in [-0.15, -0.1) is 0 Å². The maximum atomic E-state index is 14.3. The van der Waals surface area contributed by atoms with E-state index in [-0.39, 0.29) is 23.0 Å². The van der Waals surface area contributed by atoms with Crippen LogP contribution in [0.2, 0.25) is 5.02 Å². The number of carbonyl (C=O) groups is 1. The third-order valence-electron chi connectivity index (χ3n) is 4.78. The summed E-state index contributed by atoms with van der Waals surface area (Å²) < 4.78 is 42.0. The molecule has 0 aliphatic heterocycles. The van der Waals surface area contributed by atoms with Crippen LogP contribution in [-0.2, 0) is 10.0 Å². The molecule has 0 fully saturated rings. The molecule has 2 aromatic carbocycles. The molecule has 0 saturated carbocycles. The molecule has 154 valence electrons. The van der Waals surface area contributed by atoms with E-state index in [0.717, 1.165) is 31.4 Å². The predicted octanol–water partition coefficient (Wildman–Crippen LogP) is 4.85. The largest absolute Gasteiger partial charge is 0.322 e. The van der Waals surface area contributed by atoms with Crippen LogP contribution in [0.3, 0.4) is 0 Å². The third kappa shape index (κ3) is 4.86. The lowest BCUT2D eigenvalue weighted by Gasteiger charge is -2.29. The summed E-state index contributed by atoms with van der Waals surface area (Å²) in [6.45, 7) is 2.04. The summed E-state index contributed by atoms with van der Waals surface area (Å²) in [5.74, 6) is -1.55. The van der Waals surface area contributed by atoms with Crippen molar-refractivity contribution < 1.29 is 17.6 Å². The second-order valence-corrected chi connectivity index (χ2v) is 9.07. The van der Waals surface area contributed by atoms with Crippen LogP contribution in [0.4, 0.5) is 10.1 Å². The van der Waals surface area contributed by atoms with Gasteiger partial charge in [0.05, 0.1) is 10.5 Å². The maximum Gasteiger partial charge on any atom is 0.258 e. The van der Waals surface area contributed by atoms with Gasteiger partial charge in [0.2, 0.25) is 10.0 Å². The van der Waals surface area contributed by atoms with Gasteiger partial charge in [-0.1, -0.05) is 36.7 Å². The number of hydrogen-bond acceptors (Lipinski definition) is 3. The van der Waals surface area contributed by atoms with Gasteiger partial charge in [0.15, 0.2) is 0 Å². The van der Waals surface area contributed by atoms with Crippen LogP contribution in [0, 0.1) is 5.82 Å². The highest BCUT2D eigenvalue weighted by Crippen LogP contribution is 2.26. The van der Waals surface area contributed by atoms with Crippen molar-refractivity contribution in [3.63, 3.8) is 0 Å². The van der Waals surface area contributed by atoms with Crippen LogP contribution in [0.15, 0.2) is 59.5 Å². The minimum Gasteiger partial charge on any atom is -0.322 e. The Hall–Kier alpha value is -2.22. The zero-order valence-corrected chi connectivity index (χ0v) is 17.5. The molecule has 1 unspecified atom stereocenters. The number of allylic oxidation sites excluding steroid dienone is 1. The van der Waals surface area contributed by atoms with Crippen LogP contribution < -0.4 is 5.32 Å². The van der Waals surface area contributed by atoms with Crippen molar-refractivity contribution in [1.29, 1.82) is 0 Å². The molecule has 2 aromatic rings. The number of amides is 1. The second-order valence-electron chi connectivity index (χ2n) is 6.74. The fourth-order valence-electron chi connectivity index (χ4n) is 3.36. The smallest absolute Gasteiger partial charge is 0.258 e. The molecule has 1 aliphatic rings. The number of sulfonamides is 1. The third-order valence-corrected chi connectivity index (χ3v) is 7.01. The quantitative estimate of drug-likeness (QED) is 0.658. The van der Waals surface area contributed by atoms with Gasteiger partial charge < -0.3 is 5.32 Å². The minimum atomic E-state index is -3.89. The van der Waals surface area contributed by atoms with Gasteiger partial charge in [-0.3, -0.25) is 4.79 Å². The molecule has 1 N–H and O–H groups in total. The molecule has 1 aliphatic carbocycles. The lowest BCUT2D eigenvalue weighted by molar-refractivity contribution is 0.102. The predicted molar refractivity (Wildman–Crippen MR) is 112 cm³/mol. The monoisotopic (exact) mass is 436 g/mol. The van der Waals surface area contributed by atoms with Gasteiger partial charge in [0.25, 0.3) is 5.91 Å². The average Bonchev–Trinajstić information content (AvgIpc) is 2.69. The Morgan fingerprint density at radius 2 is 2.07 bits per heavy atom. The summed E-state index contributed by atoms with van der Waals surface area (Å²) in [5, 5.41) is 2.96. The first-order chi connectivity index (χ1) is 13.8. The van der Waals surface area contributed by atoms with Crippen LogP contribution in [0.5, 0.6) is 0 Å². The van der Waals surface area contributed by atoms with Crippen molar-refractivity contribution in [2.24, 2.45) is 0 Å². The molecule has 0 bridgehead atoms. The SMILES string of the molecule is CCN(C1C=CCCC1)S(=O)(=O)c1ccc(F)c(C(=O)Nc2cccc(Cl)c2)c1. The van der Waals surface area contributed by atoms with Crippen LogP contribution in [0.25, 0.3) is 0 Å². The Kier molecular flexibility index (Phi) is 6.72. The summed E-state index contributed by atoms with van der Waals surface area (Å²) in [6, 6.07) is 9.45. The highest BCUT2D eigenvalue weighted by molar-refractivity contribution is 7.89. The molecule has 29 heavy (non-hydrogen) atoms. The zero-order valence-electron chi connectivity index (χ0n) is 15.9. The van der Waals surface area contributed by atoms with E-state index in [2.05, 4.69) is 5.32 Å². The molecule has 5 nitrogen and oxygen atoms in total. The number of halogens is 2. The van der Waals surface area contributed by atoms with E-state index >= 15 is 0 Å². The minimum absolute atomic E-state index is 0.115. The molecule has 0 aromatic heterocycles. The Morgan fingerprint density at radius 1 is 1.28 bits per heavy atom. The second kappa shape index (κ2) is 9.07. The van der Waals surface area contributed by atoms with Crippen molar-refractivity contribution in [2.75, 3.05) is 11.9 Å². The van der Waals surface area contributed by atoms with Crippen LogP contribution in [0.1, 0.15) is 36.5 Å². The van der Waals surface area contributed by atoms with Gasteiger partial charge in [-0.05, 0) is 55.7 Å². The standard InChI is InChI=1S/C21H22ClFN2O3S/c1-2-25(17-9-4-3-5-10-17)29(27,28)18-11-12-20(23)19(14-18)21(26)24-16-8-6-7-15(22)13-16/h4,6-9,11-14,17H,2-3,5,10H2,1H3,(H,24,26). The first kappa shape index (κ1) is 21.5.